The van der Waals surface area contributed by atoms with E-state index in [0.29, 0.717) is 30.3 Å². The van der Waals surface area contributed by atoms with Gasteiger partial charge in [-0.05, 0) is 50.0 Å². The lowest BCUT2D eigenvalue weighted by molar-refractivity contribution is -0.118. The van der Waals surface area contributed by atoms with E-state index in [1.165, 1.54) is 0 Å². The Labute approximate surface area is 208 Å². The number of fused-ring (bicyclic) bond motifs is 1. The molecule has 0 unspecified atom stereocenters. The molecule has 7 heteroatoms. The number of anilines is 1. The van der Waals surface area contributed by atoms with Gasteiger partial charge in [-0.25, -0.2) is 4.98 Å². The highest BCUT2D eigenvalue weighted by Crippen LogP contribution is 2.28. The number of benzene rings is 2. The van der Waals surface area contributed by atoms with Crippen LogP contribution in [0.3, 0.4) is 0 Å². The zero-order chi connectivity index (χ0) is 25.1. The number of rotatable bonds is 8. The van der Waals surface area contributed by atoms with E-state index in [1.807, 2.05) is 63.1 Å². The Morgan fingerprint density at radius 3 is 2.60 bits per heavy atom. The van der Waals surface area contributed by atoms with E-state index in [0.717, 1.165) is 48.5 Å². The van der Waals surface area contributed by atoms with Gasteiger partial charge in [-0.3, -0.25) is 9.59 Å². The standard InChI is InChI=1S/C28H37N5O2/c1-6-32-13-12-22(17-32)16-31(5)28(35)24-14-23(30-27(34)19(2)3)15-25-26(24)33(20(4)29-25)18-21-10-8-7-9-11-21/h7-11,14-15,19,22H,6,12-13,16-18H2,1-5H3,(H,30,34)/t22-/m1/s1. The molecule has 1 saturated heterocycles. The Morgan fingerprint density at radius 2 is 1.94 bits per heavy atom. The molecule has 3 aromatic rings. The van der Waals surface area contributed by atoms with E-state index in [4.69, 9.17) is 4.98 Å². The molecule has 35 heavy (non-hydrogen) atoms. The van der Waals surface area contributed by atoms with E-state index in [-0.39, 0.29) is 17.7 Å². The fourth-order valence-corrected chi connectivity index (χ4v) is 4.89. The van der Waals surface area contributed by atoms with Gasteiger partial charge < -0.3 is 19.7 Å². The third-order valence-corrected chi connectivity index (χ3v) is 6.93. The van der Waals surface area contributed by atoms with Crippen LogP contribution in [0.2, 0.25) is 0 Å². The molecule has 186 valence electrons. The van der Waals surface area contributed by atoms with Crippen molar-refractivity contribution in [1.29, 1.82) is 0 Å². The highest BCUT2D eigenvalue weighted by Gasteiger charge is 2.27. The number of amides is 2. The van der Waals surface area contributed by atoms with Crippen LogP contribution in [0.5, 0.6) is 0 Å². The van der Waals surface area contributed by atoms with Crippen molar-refractivity contribution in [1.82, 2.24) is 19.4 Å². The van der Waals surface area contributed by atoms with Gasteiger partial charge in [0.1, 0.15) is 5.82 Å². The minimum absolute atomic E-state index is 0.0418. The number of carbonyl (C=O) groups excluding carboxylic acids is 2. The minimum atomic E-state index is -0.159. The zero-order valence-corrected chi connectivity index (χ0v) is 21.5. The summed E-state index contributed by atoms with van der Waals surface area (Å²) in [5.41, 5.74) is 3.85. The third kappa shape index (κ3) is 5.56. The SMILES string of the molecule is CCN1CC[C@H](CN(C)C(=O)c2cc(NC(=O)C(C)C)cc3nc(C)n(Cc4ccccc4)c23)C1. The average Bonchev–Trinajstić information content (AvgIpc) is 3.42. The molecule has 1 N–H and O–H groups in total. The summed E-state index contributed by atoms with van der Waals surface area (Å²) < 4.78 is 2.11. The predicted molar refractivity (Wildman–Crippen MR) is 141 cm³/mol. The van der Waals surface area contributed by atoms with Gasteiger partial charge in [-0.15, -0.1) is 0 Å². The van der Waals surface area contributed by atoms with E-state index in [2.05, 4.69) is 33.8 Å². The quantitative estimate of drug-likeness (QED) is 0.524. The van der Waals surface area contributed by atoms with E-state index in [1.54, 1.807) is 0 Å². The first kappa shape index (κ1) is 24.9. The van der Waals surface area contributed by atoms with Crippen molar-refractivity contribution in [2.45, 2.75) is 40.7 Å². The number of hydrogen-bond acceptors (Lipinski definition) is 4. The topological polar surface area (TPSA) is 70.5 Å². The second kappa shape index (κ2) is 10.6. The number of aryl methyl sites for hydroxylation is 1. The molecule has 1 aliphatic rings. The van der Waals surface area contributed by atoms with Gasteiger partial charge >= 0.3 is 0 Å². The molecular formula is C28H37N5O2. The van der Waals surface area contributed by atoms with Gasteiger partial charge in [0.15, 0.2) is 0 Å². The average molecular weight is 476 g/mol. The predicted octanol–water partition coefficient (Wildman–Crippen LogP) is 4.40. The van der Waals surface area contributed by atoms with Gasteiger partial charge in [0, 0.05) is 38.3 Å². The molecule has 2 heterocycles. The van der Waals surface area contributed by atoms with Crippen LogP contribution in [0.15, 0.2) is 42.5 Å². The number of carbonyl (C=O) groups is 2. The molecule has 0 radical (unpaired) electrons. The van der Waals surface area contributed by atoms with Gasteiger partial charge in [0.25, 0.3) is 5.91 Å². The molecule has 1 atom stereocenters. The maximum absolute atomic E-state index is 13.8. The van der Waals surface area contributed by atoms with Crippen molar-refractivity contribution in [3.05, 3.63) is 59.4 Å². The van der Waals surface area contributed by atoms with Crippen LogP contribution in [-0.2, 0) is 11.3 Å². The second-order valence-corrected chi connectivity index (χ2v) is 10.00. The largest absolute Gasteiger partial charge is 0.341 e. The lowest BCUT2D eigenvalue weighted by Gasteiger charge is -2.23. The normalized spacial score (nSPS) is 16.2. The molecule has 0 saturated carbocycles. The fraction of sp³-hybridized carbons (Fsp3) is 0.464. The fourth-order valence-electron chi connectivity index (χ4n) is 4.89. The monoisotopic (exact) mass is 475 g/mol. The van der Waals surface area contributed by atoms with Crippen LogP contribution in [0.25, 0.3) is 11.0 Å². The number of hydrogen-bond donors (Lipinski definition) is 1. The van der Waals surface area contributed by atoms with E-state index in [9.17, 15) is 9.59 Å². The maximum atomic E-state index is 13.8. The first-order valence-electron chi connectivity index (χ1n) is 12.6. The maximum Gasteiger partial charge on any atom is 0.255 e. The molecule has 0 spiro atoms. The summed E-state index contributed by atoms with van der Waals surface area (Å²) in [5.74, 6) is 1.03. The third-order valence-electron chi connectivity index (χ3n) is 6.93. The Kier molecular flexibility index (Phi) is 7.55. The molecule has 7 nitrogen and oxygen atoms in total. The van der Waals surface area contributed by atoms with Crippen molar-refractivity contribution in [3.63, 3.8) is 0 Å². The molecule has 0 aliphatic carbocycles. The van der Waals surface area contributed by atoms with Gasteiger partial charge in [-0.1, -0.05) is 51.1 Å². The Balaban J connectivity index is 1.72. The van der Waals surface area contributed by atoms with Gasteiger partial charge in [0.05, 0.1) is 16.6 Å². The molecule has 2 amide bonds. The summed E-state index contributed by atoms with van der Waals surface area (Å²) in [5, 5.41) is 2.97. The number of likely N-dealkylation sites (tertiary alicyclic amines) is 1. The van der Waals surface area contributed by atoms with Crippen LogP contribution in [0, 0.1) is 18.8 Å². The smallest absolute Gasteiger partial charge is 0.255 e. The first-order chi connectivity index (χ1) is 16.8. The van der Waals surface area contributed by atoms with Gasteiger partial charge in [0.2, 0.25) is 5.91 Å². The lowest BCUT2D eigenvalue weighted by Crippen LogP contribution is -2.33. The Bertz CT molecular complexity index is 1200. The number of nitrogens with one attached hydrogen (secondary N) is 1. The van der Waals surface area contributed by atoms with Crippen molar-refractivity contribution in [2.75, 3.05) is 38.5 Å². The van der Waals surface area contributed by atoms with Gasteiger partial charge in [-0.2, -0.15) is 0 Å². The van der Waals surface area contributed by atoms with Crippen molar-refractivity contribution in [3.8, 4) is 0 Å². The van der Waals surface area contributed by atoms with E-state index < -0.39 is 0 Å². The molecule has 4 rings (SSSR count). The van der Waals surface area contributed by atoms with Crippen LogP contribution in [-0.4, -0.2) is 64.4 Å². The minimum Gasteiger partial charge on any atom is -0.341 e. The van der Waals surface area contributed by atoms with Crippen molar-refractivity contribution in [2.24, 2.45) is 11.8 Å². The second-order valence-electron chi connectivity index (χ2n) is 10.00. The van der Waals surface area contributed by atoms with Crippen molar-refractivity contribution < 1.29 is 9.59 Å². The molecule has 1 aromatic heterocycles. The van der Waals surface area contributed by atoms with Crippen LogP contribution in [0.4, 0.5) is 5.69 Å². The highest BCUT2D eigenvalue weighted by atomic mass is 16.2. The van der Waals surface area contributed by atoms with Crippen LogP contribution >= 0.6 is 0 Å². The molecule has 0 bridgehead atoms. The summed E-state index contributed by atoms with van der Waals surface area (Å²) >= 11 is 0. The Morgan fingerprint density at radius 1 is 1.20 bits per heavy atom. The molecule has 1 fully saturated rings. The number of nitrogens with zero attached hydrogens (tertiary/aromatic N) is 4. The molecular weight excluding hydrogens is 438 g/mol. The van der Waals surface area contributed by atoms with E-state index >= 15 is 0 Å². The summed E-state index contributed by atoms with van der Waals surface area (Å²) in [6.45, 7) is 12.4. The summed E-state index contributed by atoms with van der Waals surface area (Å²) in [6.07, 6.45) is 1.11. The number of imidazole rings is 1. The first-order valence-corrected chi connectivity index (χ1v) is 12.6. The highest BCUT2D eigenvalue weighted by molar-refractivity contribution is 6.07. The van der Waals surface area contributed by atoms with Crippen molar-refractivity contribution >= 4 is 28.5 Å². The Hall–Kier alpha value is -3.19. The summed E-state index contributed by atoms with van der Waals surface area (Å²) in [7, 11) is 1.88. The summed E-state index contributed by atoms with van der Waals surface area (Å²) in [6, 6.07) is 13.9. The lowest BCUT2D eigenvalue weighted by atomic mass is 10.1. The molecule has 1 aliphatic heterocycles. The van der Waals surface area contributed by atoms with Crippen LogP contribution in [0.1, 0.15) is 48.9 Å². The van der Waals surface area contributed by atoms with Crippen LogP contribution < -0.4 is 5.32 Å². The summed E-state index contributed by atoms with van der Waals surface area (Å²) in [4.78, 5) is 35.3. The number of aromatic nitrogens is 2. The molecule has 2 aromatic carbocycles. The zero-order valence-electron chi connectivity index (χ0n) is 21.5.